The van der Waals surface area contributed by atoms with Gasteiger partial charge in [-0.1, -0.05) is 12.8 Å². The van der Waals surface area contributed by atoms with Crippen LogP contribution in [0.5, 0.6) is 0 Å². The normalized spacial score (nSPS) is 20.5. The van der Waals surface area contributed by atoms with Crippen LogP contribution in [0, 0.1) is 17.7 Å². The van der Waals surface area contributed by atoms with Gasteiger partial charge in [-0.2, -0.15) is 0 Å². The highest BCUT2D eigenvalue weighted by atomic mass is 32.1. The zero-order valence-electron chi connectivity index (χ0n) is 16.5. The van der Waals surface area contributed by atoms with E-state index in [9.17, 15) is 23.6 Å². The monoisotopic (exact) mass is 445 g/mol. The van der Waals surface area contributed by atoms with Crippen molar-refractivity contribution in [3.63, 3.8) is 0 Å². The van der Waals surface area contributed by atoms with Crippen molar-refractivity contribution in [2.45, 2.75) is 25.7 Å². The molecular weight excluding hydrogens is 425 g/mol. The van der Waals surface area contributed by atoms with Gasteiger partial charge >= 0.3 is 5.97 Å². The Morgan fingerprint density at radius 2 is 1.77 bits per heavy atom. The van der Waals surface area contributed by atoms with Crippen LogP contribution in [0.2, 0.25) is 0 Å². The number of rotatable bonds is 6. The number of anilines is 1. The van der Waals surface area contributed by atoms with Crippen molar-refractivity contribution >= 4 is 40.2 Å². The smallest absolute Gasteiger partial charge is 0.326 e. The predicted octanol–water partition coefficient (Wildman–Crippen LogP) is 2.61. The quantitative estimate of drug-likeness (QED) is 0.541. The molecule has 10 heteroatoms. The highest BCUT2D eigenvalue weighted by Gasteiger charge is 2.48. The molecule has 0 bridgehead atoms. The first-order chi connectivity index (χ1) is 14.9. The minimum Gasteiger partial charge on any atom is -0.454 e. The number of aromatic nitrogens is 1. The number of hydrogen-bond acceptors (Lipinski definition) is 7. The maximum Gasteiger partial charge on any atom is 0.326 e. The van der Waals surface area contributed by atoms with Crippen molar-refractivity contribution in [1.29, 1.82) is 0 Å². The van der Waals surface area contributed by atoms with E-state index in [2.05, 4.69) is 10.3 Å². The Bertz CT molecular complexity index is 998. The summed E-state index contributed by atoms with van der Waals surface area (Å²) in [6, 6.07) is 5.79. The number of esters is 1. The number of likely N-dealkylation sites (tertiary alicyclic amines) is 1. The van der Waals surface area contributed by atoms with Crippen LogP contribution in [-0.2, 0) is 23.9 Å². The highest BCUT2D eigenvalue weighted by Crippen LogP contribution is 2.37. The van der Waals surface area contributed by atoms with Gasteiger partial charge in [0.25, 0.3) is 5.91 Å². The second-order valence-electron chi connectivity index (χ2n) is 7.51. The van der Waals surface area contributed by atoms with Crippen molar-refractivity contribution in [2.75, 3.05) is 18.5 Å². The molecule has 1 aliphatic carbocycles. The molecule has 1 aliphatic heterocycles. The van der Waals surface area contributed by atoms with E-state index in [1.165, 1.54) is 23.5 Å². The molecule has 1 aromatic heterocycles. The topological polar surface area (TPSA) is 106 Å². The van der Waals surface area contributed by atoms with Gasteiger partial charge in [0, 0.05) is 10.9 Å². The van der Waals surface area contributed by atoms with Crippen LogP contribution in [0.3, 0.4) is 0 Å². The summed E-state index contributed by atoms with van der Waals surface area (Å²) in [5, 5.41) is 4.53. The molecule has 8 nitrogen and oxygen atoms in total. The minimum absolute atomic E-state index is 0.300. The number of amides is 3. The lowest BCUT2D eigenvalue weighted by Gasteiger charge is -2.19. The molecule has 2 aromatic rings. The summed E-state index contributed by atoms with van der Waals surface area (Å²) in [6.45, 7) is -1.04. The van der Waals surface area contributed by atoms with E-state index in [0.29, 0.717) is 29.2 Å². The maximum absolute atomic E-state index is 13.0. The Hall–Kier alpha value is -3.14. The Kier molecular flexibility index (Phi) is 6.08. The van der Waals surface area contributed by atoms with Crippen molar-refractivity contribution < 1.29 is 28.3 Å². The molecule has 1 N–H and O–H groups in total. The van der Waals surface area contributed by atoms with Crippen LogP contribution in [0.4, 0.5) is 9.52 Å². The summed E-state index contributed by atoms with van der Waals surface area (Å²) in [7, 11) is 0. The zero-order chi connectivity index (χ0) is 22.0. The number of benzene rings is 1. The summed E-state index contributed by atoms with van der Waals surface area (Å²) < 4.78 is 18.0. The summed E-state index contributed by atoms with van der Waals surface area (Å²) in [5.74, 6) is -3.09. The lowest BCUT2D eigenvalue weighted by molar-refractivity contribution is -0.154. The lowest BCUT2D eigenvalue weighted by Crippen LogP contribution is -2.37. The molecule has 162 valence electrons. The molecule has 1 saturated carbocycles. The number of hydrogen-bond donors (Lipinski definition) is 1. The molecule has 2 fully saturated rings. The van der Waals surface area contributed by atoms with Gasteiger partial charge in [0.2, 0.25) is 11.8 Å². The summed E-state index contributed by atoms with van der Waals surface area (Å²) in [5.41, 5.74) is 1.27. The number of fused-ring (bicyclic) bond motifs is 1. The lowest BCUT2D eigenvalue weighted by atomic mass is 9.81. The zero-order valence-corrected chi connectivity index (χ0v) is 17.3. The summed E-state index contributed by atoms with van der Waals surface area (Å²) >= 11 is 1.17. The Morgan fingerprint density at radius 3 is 2.42 bits per heavy atom. The van der Waals surface area contributed by atoms with Gasteiger partial charge in [-0.05, 0) is 37.1 Å². The van der Waals surface area contributed by atoms with Crippen molar-refractivity contribution in [1.82, 2.24) is 9.88 Å². The highest BCUT2D eigenvalue weighted by molar-refractivity contribution is 7.14. The molecule has 1 aromatic carbocycles. The van der Waals surface area contributed by atoms with Crippen LogP contribution in [0.1, 0.15) is 25.7 Å². The first-order valence-electron chi connectivity index (χ1n) is 9.94. The first kappa shape index (κ1) is 21.1. The number of imide groups is 1. The molecule has 2 atom stereocenters. The number of ether oxygens (including phenoxy) is 1. The third-order valence-electron chi connectivity index (χ3n) is 5.47. The molecular formula is C21H20FN3O5S. The molecule has 2 aliphatic rings. The van der Waals surface area contributed by atoms with Crippen LogP contribution in [0.15, 0.2) is 29.6 Å². The Labute approximate surface area is 181 Å². The van der Waals surface area contributed by atoms with E-state index in [0.717, 1.165) is 17.7 Å². The average molecular weight is 445 g/mol. The number of nitrogens with one attached hydrogen (secondary N) is 1. The minimum atomic E-state index is -0.818. The van der Waals surface area contributed by atoms with E-state index >= 15 is 0 Å². The average Bonchev–Trinajstić information content (AvgIpc) is 3.32. The largest absolute Gasteiger partial charge is 0.454 e. The number of carbonyl (C=O) groups excluding carboxylic acids is 4. The Balaban J connectivity index is 1.26. The molecule has 4 rings (SSSR count). The number of carbonyl (C=O) groups is 4. The summed E-state index contributed by atoms with van der Waals surface area (Å²) in [6.07, 6.45) is 3.13. The fraction of sp³-hybridized carbons (Fsp3) is 0.381. The van der Waals surface area contributed by atoms with Gasteiger partial charge in [0.05, 0.1) is 17.5 Å². The maximum atomic E-state index is 13.0. The fourth-order valence-corrected chi connectivity index (χ4v) is 4.68. The van der Waals surface area contributed by atoms with Gasteiger partial charge in [-0.3, -0.25) is 29.4 Å². The van der Waals surface area contributed by atoms with Crippen LogP contribution < -0.4 is 5.32 Å². The van der Waals surface area contributed by atoms with Crippen LogP contribution >= 0.6 is 11.3 Å². The van der Waals surface area contributed by atoms with Crippen LogP contribution in [0.25, 0.3) is 11.3 Å². The van der Waals surface area contributed by atoms with E-state index < -0.39 is 25.0 Å². The van der Waals surface area contributed by atoms with Crippen molar-refractivity contribution in [2.24, 2.45) is 11.8 Å². The molecule has 0 spiro atoms. The van der Waals surface area contributed by atoms with Gasteiger partial charge in [-0.25, -0.2) is 9.37 Å². The second kappa shape index (κ2) is 8.93. The van der Waals surface area contributed by atoms with Gasteiger partial charge in [0.15, 0.2) is 11.7 Å². The predicted molar refractivity (Wildman–Crippen MR) is 109 cm³/mol. The fourth-order valence-electron chi connectivity index (χ4n) is 3.95. The van der Waals surface area contributed by atoms with E-state index in [4.69, 9.17) is 4.74 Å². The third kappa shape index (κ3) is 4.63. The van der Waals surface area contributed by atoms with Gasteiger partial charge in [-0.15, -0.1) is 11.3 Å². The van der Waals surface area contributed by atoms with E-state index in [1.807, 2.05) is 0 Å². The molecule has 2 heterocycles. The third-order valence-corrected chi connectivity index (χ3v) is 6.23. The molecule has 0 radical (unpaired) electrons. The number of nitrogens with zero attached hydrogens (tertiary/aromatic N) is 2. The van der Waals surface area contributed by atoms with E-state index in [1.54, 1.807) is 17.5 Å². The summed E-state index contributed by atoms with van der Waals surface area (Å²) in [4.78, 5) is 54.1. The first-order valence-corrected chi connectivity index (χ1v) is 10.8. The van der Waals surface area contributed by atoms with Gasteiger partial charge in [0.1, 0.15) is 12.4 Å². The van der Waals surface area contributed by atoms with Crippen molar-refractivity contribution in [3.05, 3.63) is 35.5 Å². The molecule has 1 saturated heterocycles. The van der Waals surface area contributed by atoms with Gasteiger partial charge < -0.3 is 4.74 Å². The standard InChI is InChI=1S/C21H20FN3O5S/c22-13-7-5-12(6-8-13)16-11-31-21(23-16)24-17(26)10-30-18(27)9-25-19(28)14-3-1-2-4-15(14)20(25)29/h5-8,11,14-15H,1-4,9-10H2,(H,23,24,26). The molecule has 3 amide bonds. The number of halogens is 1. The SMILES string of the molecule is O=C(COC(=O)CN1C(=O)C2CCCCC2C1=O)Nc1nc(-c2ccc(F)cc2)cs1. The van der Waals surface area contributed by atoms with Crippen molar-refractivity contribution in [3.8, 4) is 11.3 Å². The molecule has 2 unspecified atom stereocenters. The van der Waals surface area contributed by atoms with Crippen LogP contribution in [-0.4, -0.2) is 46.7 Å². The number of thiazole rings is 1. The van der Waals surface area contributed by atoms with E-state index in [-0.39, 0.29) is 29.5 Å². The Morgan fingerprint density at radius 1 is 1.13 bits per heavy atom. The molecule has 31 heavy (non-hydrogen) atoms. The second-order valence-corrected chi connectivity index (χ2v) is 8.37.